The monoisotopic (exact) mass is 450 g/mol. The summed E-state index contributed by atoms with van der Waals surface area (Å²) in [6.45, 7) is 3.90. The van der Waals surface area contributed by atoms with Crippen LogP contribution >= 0.6 is 23.4 Å². The first-order chi connectivity index (χ1) is 14.9. The number of hydrogen-bond donors (Lipinski definition) is 1. The maximum absolute atomic E-state index is 11.2. The van der Waals surface area contributed by atoms with E-state index in [1.54, 1.807) is 24.3 Å². The largest absolute Gasteiger partial charge is 0.478 e. The van der Waals surface area contributed by atoms with Gasteiger partial charge in [0.2, 0.25) is 0 Å². The molecule has 4 rings (SSSR count). The molecular formula is C24H19ClN2O3S. The smallest absolute Gasteiger partial charge is 0.335 e. The number of benzene rings is 2. The van der Waals surface area contributed by atoms with Crippen molar-refractivity contribution in [3.8, 4) is 22.6 Å². The summed E-state index contributed by atoms with van der Waals surface area (Å²) in [5, 5.41) is 10.5. The molecule has 1 N–H and O–H groups in total. The van der Waals surface area contributed by atoms with Gasteiger partial charge < -0.3 is 9.52 Å². The standard InChI is InChI=1S/C24H19ClN2O3S/c1-14-11-15(2)27-24(26-14)31-13-19-12-21(16-7-9-20(25)10-8-16)30-22(19)17-3-5-18(6-4-17)23(28)29/h3-12H,13H2,1-2H3,(H,28,29). The highest BCUT2D eigenvalue weighted by atomic mass is 35.5. The van der Waals surface area contributed by atoms with Gasteiger partial charge in [0.15, 0.2) is 5.16 Å². The van der Waals surface area contributed by atoms with Crippen molar-refractivity contribution in [1.29, 1.82) is 0 Å². The number of rotatable bonds is 6. The van der Waals surface area contributed by atoms with Crippen molar-refractivity contribution in [2.24, 2.45) is 0 Å². The number of thioether (sulfide) groups is 1. The molecule has 0 unspecified atom stereocenters. The van der Waals surface area contributed by atoms with Gasteiger partial charge in [-0.05, 0) is 62.4 Å². The highest BCUT2D eigenvalue weighted by Crippen LogP contribution is 2.36. The maximum Gasteiger partial charge on any atom is 0.335 e. The van der Waals surface area contributed by atoms with E-state index in [4.69, 9.17) is 16.0 Å². The minimum absolute atomic E-state index is 0.229. The van der Waals surface area contributed by atoms with Gasteiger partial charge in [-0.25, -0.2) is 14.8 Å². The zero-order valence-electron chi connectivity index (χ0n) is 16.9. The number of carbonyl (C=O) groups is 1. The van der Waals surface area contributed by atoms with Crippen LogP contribution in [0.1, 0.15) is 27.3 Å². The summed E-state index contributed by atoms with van der Waals surface area (Å²) in [5.41, 5.74) is 4.77. The summed E-state index contributed by atoms with van der Waals surface area (Å²) in [4.78, 5) is 20.2. The van der Waals surface area contributed by atoms with Crippen molar-refractivity contribution in [2.45, 2.75) is 24.8 Å². The number of aromatic nitrogens is 2. The van der Waals surface area contributed by atoms with Crippen LogP contribution in [0, 0.1) is 13.8 Å². The molecule has 2 aromatic heterocycles. The molecule has 0 spiro atoms. The van der Waals surface area contributed by atoms with Gasteiger partial charge in [-0.1, -0.05) is 35.5 Å². The van der Waals surface area contributed by atoms with Gasteiger partial charge in [0.05, 0.1) is 5.56 Å². The number of hydrogen-bond acceptors (Lipinski definition) is 5. The summed E-state index contributed by atoms with van der Waals surface area (Å²) in [6, 6.07) is 18.1. The first kappa shape index (κ1) is 21.2. The minimum atomic E-state index is -0.962. The van der Waals surface area contributed by atoms with Crippen molar-refractivity contribution in [3.05, 3.63) is 88.2 Å². The van der Waals surface area contributed by atoms with Crippen molar-refractivity contribution >= 4 is 29.3 Å². The molecule has 5 nitrogen and oxygen atoms in total. The fourth-order valence-electron chi connectivity index (χ4n) is 3.20. The predicted octanol–water partition coefficient (Wildman–Crippen LogP) is 6.66. The fourth-order valence-corrected chi connectivity index (χ4v) is 4.24. The number of aryl methyl sites for hydroxylation is 2. The summed E-state index contributed by atoms with van der Waals surface area (Å²) in [7, 11) is 0. The SMILES string of the molecule is Cc1cc(C)nc(SCc2cc(-c3ccc(Cl)cc3)oc2-c2ccc(C(=O)O)cc2)n1. The van der Waals surface area contributed by atoms with E-state index in [0.717, 1.165) is 28.1 Å². The maximum atomic E-state index is 11.2. The molecule has 0 bridgehead atoms. The van der Waals surface area contributed by atoms with Crippen LogP contribution in [0.2, 0.25) is 5.02 Å². The molecule has 0 aliphatic carbocycles. The second-order valence-corrected chi connectivity index (χ2v) is 8.46. The highest BCUT2D eigenvalue weighted by molar-refractivity contribution is 7.98. The van der Waals surface area contributed by atoms with Crippen LogP contribution in [0.3, 0.4) is 0 Å². The first-order valence-electron chi connectivity index (χ1n) is 9.56. The Morgan fingerprint density at radius 2 is 1.58 bits per heavy atom. The molecular weight excluding hydrogens is 432 g/mol. The van der Waals surface area contributed by atoms with Gasteiger partial charge in [-0.2, -0.15) is 0 Å². The van der Waals surface area contributed by atoms with E-state index in [0.29, 0.717) is 27.5 Å². The minimum Gasteiger partial charge on any atom is -0.478 e. The molecule has 0 aliphatic rings. The third kappa shape index (κ3) is 4.98. The number of nitrogens with zero attached hydrogens (tertiary/aromatic N) is 2. The van der Waals surface area contributed by atoms with Crippen LogP contribution in [0.5, 0.6) is 0 Å². The highest BCUT2D eigenvalue weighted by Gasteiger charge is 2.16. The van der Waals surface area contributed by atoms with Gasteiger partial charge >= 0.3 is 5.97 Å². The lowest BCUT2D eigenvalue weighted by Crippen LogP contribution is -1.95. The molecule has 0 fully saturated rings. The van der Waals surface area contributed by atoms with E-state index in [1.165, 1.54) is 11.8 Å². The van der Waals surface area contributed by atoms with Gasteiger partial charge in [0.25, 0.3) is 0 Å². The molecule has 0 aliphatic heterocycles. The molecule has 0 saturated carbocycles. The third-order valence-electron chi connectivity index (χ3n) is 4.65. The number of furan rings is 1. The van der Waals surface area contributed by atoms with E-state index in [9.17, 15) is 9.90 Å². The normalized spacial score (nSPS) is 10.9. The lowest BCUT2D eigenvalue weighted by molar-refractivity contribution is 0.0697. The van der Waals surface area contributed by atoms with E-state index < -0.39 is 5.97 Å². The van der Waals surface area contributed by atoms with Crippen molar-refractivity contribution < 1.29 is 14.3 Å². The molecule has 2 aromatic carbocycles. The second kappa shape index (κ2) is 8.96. The molecule has 31 heavy (non-hydrogen) atoms. The number of carboxylic acid groups (broad SMARTS) is 1. The Morgan fingerprint density at radius 1 is 0.968 bits per heavy atom. The Kier molecular flexibility index (Phi) is 6.11. The lowest BCUT2D eigenvalue weighted by Gasteiger charge is -2.05. The summed E-state index contributed by atoms with van der Waals surface area (Å²) >= 11 is 7.55. The van der Waals surface area contributed by atoms with Crippen LogP contribution in [0.25, 0.3) is 22.6 Å². The molecule has 0 amide bonds. The molecule has 0 radical (unpaired) electrons. The Hall–Kier alpha value is -3.09. The lowest BCUT2D eigenvalue weighted by atomic mass is 10.1. The van der Waals surface area contributed by atoms with Gasteiger partial charge in [0.1, 0.15) is 11.5 Å². The Morgan fingerprint density at radius 3 is 2.19 bits per heavy atom. The molecule has 4 aromatic rings. The van der Waals surface area contributed by atoms with Gasteiger partial charge in [-0.15, -0.1) is 0 Å². The predicted molar refractivity (Wildman–Crippen MR) is 123 cm³/mol. The first-order valence-corrected chi connectivity index (χ1v) is 10.9. The Bertz CT molecular complexity index is 1210. The molecule has 0 atom stereocenters. The Labute approximate surface area is 189 Å². The molecule has 0 saturated heterocycles. The third-order valence-corrected chi connectivity index (χ3v) is 5.80. The number of carboxylic acids is 1. The van der Waals surface area contributed by atoms with Gasteiger partial charge in [0, 0.05) is 38.9 Å². The van der Waals surface area contributed by atoms with E-state index in [-0.39, 0.29) is 5.56 Å². The van der Waals surface area contributed by atoms with Gasteiger partial charge in [-0.3, -0.25) is 0 Å². The fraction of sp³-hybridized carbons (Fsp3) is 0.125. The van der Waals surface area contributed by atoms with E-state index >= 15 is 0 Å². The topological polar surface area (TPSA) is 76.2 Å². The van der Waals surface area contributed by atoms with Crippen molar-refractivity contribution in [3.63, 3.8) is 0 Å². The number of halogens is 1. The molecule has 2 heterocycles. The summed E-state index contributed by atoms with van der Waals surface area (Å²) in [6.07, 6.45) is 0. The van der Waals surface area contributed by atoms with Crippen molar-refractivity contribution in [1.82, 2.24) is 9.97 Å². The van der Waals surface area contributed by atoms with Crippen LogP contribution < -0.4 is 0 Å². The average molecular weight is 451 g/mol. The Balaban J connectivity index is 1.70. The van der Waals surface area contributed by atoms with Crippen molar-refractivity contribution in [2.75, 3.05) is 0 Å². The zero-order chi connectivity index (χ0) is 22.0. The van der Waals surface area contributed by atoms with Crippen LogP contribution in [0.15, 0.2) is 70.2 Å². The zero-order valence-corrected chi connectivity index (χ0v) is 18.5. The van der Waals surface area contributed by atoms with Crippen LogP contribution in [0.4, 0.5) is 0 Å². The number of aromatic carboxylic acids is 1. The quantitative estimate of drug-likeness (QED) is 0.261. The molecule has 156 valence electrons. The summed E-state index contributed by atoms with van der Waals surface area (Å²) < 4.78 is 6.22. The summed E-state index contributed by atoms with van der Waals surface area (Å²) in [5.74, 6) is 1.05. The molecule has 7 heteroatoms. The van der Waals surface area contributed by atoms with E-state index in [1.807, 2.05) is 50.2 Å². The second-order valence-electron chi connectivity index (χ2n) is 7.08. The van der Waals surface area contributed by atoms with Crippen LogP contribution in [-0.4, -0.2) is 21.0 Å². The average Bonchev–Trinajstić information content (AvgIpc) is 3.16. The van der Waals surface area contributed by atoms with E-state index in [2.05, 4.69) is 9.97 Å². The van der Waals surface area contributed by atoms with Crippen LogP contribution in [-0.2, 0) is 5.75 Å².